The van der Waals surface area contributed by atoms with E-state index in [1.807, 2.05) is 0 Å². The van der Waals surface area contributed by atoms with Crippen molar-refractivity contribution in [2.24, 2.45) is 11.7 Å². The molecule has 0 amide bonds. The van der Waals surface area contributed by atoms with Crippen LogP contribution in [0.1, 0.15) is 37.4 Å². The van der Waals surface area contributed by atoms with Crippen LogP contribution in [0.5, 0.6) is 0 Å². The highest BCUT2D eigenvalue weighted by Gasteiger charge is 2.23. The molecule has 3 N–H and O–H groups in total. The molecule has 0 aromatic carbocycles. The Morgan fingerprint density at radius 2 is 2.00 bits per heavy atom. The molecule has 5 nitrogen and oxygen atoms in total. The Labute approximate surface area is 89.2 Å². The molecule has 0 aliphatic heterocycles. The number of nitrogens with two attached hydrogens (primary N) is 1. The maximum absolute atomic E-state index is 5.62. The zero-order valence-electron chi connectivity index (χ0n) is 8.02. The Morgan fingerprint density at radius 3 is 2.50 bits per heavy atom. The summed E-state index contributed by atoms with van der Waals surface area (Å²) in [4.78, 5) is 0. The van der Waals surface area contributed by atoms with Crippen molar-refractivity contribution >= 4 is 12.4 Å². The molecule has 2 rings (SSSR count). The lowest BCUT2D eigenvalue weighted by atomic mass is 9.82. The van der Waals surface area contributed by atoms with Gasteiger partial charge < -0.3 is 5.73 Å². The fourth-order valence-electron chi connectivity index (χ4n) is 2.00. The number of aromatic amines is 1. The van der Waals surface area contributed by atoms with E-state index >= 15 is 0 Å². The van der Waals surface area contributed by atoms with Gasteiger partial charge in [0.15, 0.2) is 5.82 Å². The molecule has 6 heteroatoms. The highest BCUT2D eigenvalue weighted by molar-refractivity contribution is 5.85. The highest BCUT2D eigenvalue weighted by Crippen LogP contribution is 2.33. The van der Waals surface area contributed by atoms with Crippen LogP contribution in [-0.4, -0.2) is 27.2 Å². The molecule has 14 heavy (non-hydrogen) atoms. The lowest BCUT2D eigenvalue weighted by Crippen LogP contribution is -2.21. The van der Waals surface area contributed by atoms with Gasteiger partial charge in [-0.1, -0.05) is 5.21 Å². The molecule has 1 aromatic rings. The third-order valence-corrected chi connectivity index (χ3v) is 2.91. The topological polar surface area (TPSA) is 80.5 Å². The smallest absolute Gasteiger partial charge is 0.177 e. The van der Waals surface area contributed by atoms with E-state index in [0.29, 0.717) is 11.8 Å². The molecule has 0 spiro atoms. The first kappa shape index (κ1) is 11.4. The van der Waals surface area contributed by atoms with Crippen LogP contribution in [0, 0.1) is 5.92 Å². The van der Waals surface area contributed by atoms with Crippen molar-refractivity contribution in [3.05, 3.63) is 5.82 Å². The molecule has 0 bridgehead atoms. The Bertz CT molecular complexity index is 242. The van der Waals surface area contributed by atoms with Gasteiger partial charge in [-0.25, -0.2) is 0 Å². The van der Waals surface area contributed by atoms with Crippen LogP contribution in [0.15, 0.2) is 0 Å². The first-order chi connectivity index (χ1) is 6.40. The van der Waals surface area contributed by atoms with Gasteiger partial charge in [0.05, 0.1) is 0 Å². The zero-order chi connectivity index (χ0) is 9.10. The summed E-state index contributed by atoms with van der Waals surface area (Å²) in [5.41, 5.74) is 5.62. The molecule has 1 fully saturated rings. The van der Waals surface area contributed by atoms with E-state index in [0.717, 1.165) is 25.2 Å². The summed E-state index contributed by atoms with van der Waals surface area (Å²) in [5.74, 6) is 2.08. The molecule has 80 valence electrons. The van der Waals surface area contributed by atoms with Crippen LogP contribution in [0.25, 0.3) is 0 Å². The summed E-state index contributed by atoms with van der Waals surface area (Å²) in [6.07, 6.45) is 4.72. The van der Waals surface area contributed by atoms with Gasteiger partial charge in [0.2, 0.25) is 0 Å². The standard InChI is InChI=1S/C8H15N5.ClH/c9-5-6-1-3-7(4-2-6)8-10-12-13-11-8;/h6-7H,1-5,9H2,(H,10,11,12,13);1H/t6-,7-;. The van der Waals surface area contributed by atoms with Crippen molar-refractivity contribution in [2.75, 3.05) is 6.54 Å². The number of nitrogens with one attached hydrogen (secondary N) is 1. The number of halogens is 1. The fourth-order valence-corrected chi connectivity index (χ4v) is 2.00. The van der Waals surface area contributed by atoms with Gasteiger partial charge in [0, 0.05) is 5.92 Å². The van der Waals surface area contributed by atoms with Gasteiger partial charge >= 0.3 is 0 Å². The Morgan fingerprint density at radius 1 is 1.29 bits per heavy atom. The molecule has 1 aliphatic rings. The third-order valence-electron chi connectivity index (χ3n) is 2.91. The lowest BCUT2D eigenvalue weighted by Gasteiger charge is -2.25. The first-order valence-corrected chi connectivity index (χ1v) is 4.83. The van der Waals surface area contributed by atoms with E-state index in [2.05, 4.69) is 20.6 Å². The number of aromatic nitrogens is 4. The second-order valence-corrected chi connectivity index (χ2v) is 3.72. The van der Waals surface area contributed by atoms with Gasteiger partial charge in [-0.3, -0.25) is 0 Å². The van der Waals surface area contributed by atoms with Crippen LogP contribution < -0.4 is 5.73 Å². The van der Waals surface area contributed by atoms with Crippen LogP contribution in [0.4, 0.5) is 0 Å². The van der Waals surface area contributed by atoms with Crippen molar-refractivity contribution in [2.45, 2.75) is 31.6 Å². The van der Waals surface area contributed by atoms with Gasteiger partial charge in [0.1, 0.15) is 0 Å². The van der Waals surface area contributed by atoms with Gasteiger partial charge in [0.25, 0.3) is 0 Å². The Balaban J connectivity index is 0.000000980. The molecular formula is C8H16ClN5. The summed E-state index contributed by atoms with van der Waals surface area (Å²) in [5, 5.41) is 14.1. The second-order valence-electron chi connectivity index (χ2n) is 3.72. The van der Waals surface area contributed by atoms with Gasteiger partial charge in [-0.15, -0.1) is 22.6 Å². The van der Waals surface area contributed by atoms with Crippen LogP contribution in [0.3, 0.4) is 0 Å². The minimum atomic E-state index is 0. The van der Waals surface area contributed by atoms with Gasteiger partial charge in [-0.05, 0) is 38.1 Å². The number of rotatable bonds is 2. The molecule has 1 saturated carbocycles. The normalized spacial score (nSPS) is 26.9. The van der Waals surface area contributed by atoms with Crippen molar-refractivity contribution in [1.29, 1.82) is 0 Å². The van der Waals surface area contributed by atoms with E-state index in [4.69, 9.17) is 5.73 Å². The third kappa shape index (κ3) is 2.42. The van der Waals surface area contributed by atoms with Crippen LogP contribution in [-0.2, 0) is 0 Å². The maximum Gasteiger partial charge on any atom is 0.177 e. The number of H-pyrrole nitrogens is 1. The van der Waals surface area contributed by atoms with E-state index in [-0.39, 0.29) is 12.4 Å². The monoisotopic (exact) mass is 217 g/mol. The van der Waals surface area contributed by atoms with E-state index in [1.165, 1.54) is 12.8 Å². The SMILES string of the molecule is Cl.NC[C@H]1CC[C@H](c2nn[nH]n2)CC1. The van der Waals surface area contributed by atoms with Crippen LogP contribution >= 0.6 is 12.4 Å². The molecule has 0 unspecified atom stereocenters. The molecule has 0 radical (unpaired) electrons. The number of nitrogens with zero attached hydrogens (tertiary/aromatic N) is 3. The molecule has 1 aromatic heterocycles. The van der Waals surface area contributed by atoms with Crippen molar-refractivity contribution in [3.8, 4) is 0 Å². The second kappa shape index (κ2) is 5.26. The highest BCUT2D eigenvalue weighted by atomic mass is 35.5. The summed E-state index contributed by atoms with van der Waals surface area (Å²) in [6.45, 7) is 0.818. The minimum Gasteiger partial charge on any atom is -0.330 e. The summed E-state index contributed by atoms with van der Waals surface area (Å²) < 4.78 is 0. The molecule has 1 aliphatic carbocycles. The molecule has 0 atom stereocenters. The number of tetrazole rings is 1. The predicted molar refractivity (Wildman–Crippen MR) is 55.2 cm³/mol. The molecule has 1 heterocycles. The zero-order valence-corrected chi connectivity index (χ0v) is 8.83. The van der Waals surface area contributed by atoms with E-state index < -0.39 is 0 Å². The van der Waals surface area contributed by atoms with Gasteiger partial charge in [-0.2, -0.15) is 5.21 Å². The Hall–Kier alpha value is -0.680. The Kier molecular flexibility index (Phi) is 4.28. The minimum absolute atomic E-state index is 0. The average molecular weight is 218 g/mol. The van der Waals surface area contributed by atoms with Crippen molar-refractivity contribution in [3.63, 3.8) is 0 Å². The predicted octanol–water partition coefficient (Wildman–Crippen LogP) is 0.854. The summed E-state index contributed by atoms with van der Waals surface area (Å²) in [7, 11) is 0. The average Bonchev–Trinajstić information content (AvgIpc) is 2.71. The van der Waals surface area contributed by atoms with E-state index in [9.17, 15) is 0 Å². The number of hydrogen-bond acceptors (Lipinski definition) is 4. The van der Waals surface area contributed by atoms with E-state index in [1.54, 1.807) is 0 Å². The summed E-state index contributed by atoms with van der Waals surface area (Å²) >= 11 is 0. The van der Waals surface area contributed by atoms with Crippen molar-refractivity contribution in [1.82, 2.24) is 20.6 Å². The van der Waals surface area contributed by atoms with Crippen LogP contribution in [0.2, 0.25) is 0 Å². The quantitative estimate of drug-likeness (QED) is 0.770. The maximum atomic E-state index is 5.62. The largest absolute Gasteiger partial charge is 0.330 e. The summed E-state index contributed by atoms with van der Waals surface area (Å²) in [6, 6.07) is 0. The lowest BCUT2D eigenvalue weighted by molar-refractivity contribution is 0.325. The fraction of sp³-hybridized carbons (Fsp3) is 0.875. The first-order valence-electron chi connectivity index (χ1n) is 4.83. The number of hydrogen-bond donors (Lipinski definition) is 2. The molecule has 0 saturated heterocycles. The van der Waals surface area contributed by atoms with Crippen molar-refractivity contribution < 1.29 is 0 Å². The molecular weight excluding hydrogens is 202 g/mol.